The van der Waals surface area contributed by atoms with Crippen molar-refractivity contribution in [1.29, 1.82) is 0 Å². The van der Waals surface area contributed by atoms with Gasteiger partial charge in [-0.25, -0.2) is 9.78 Å². The molecule has 1 N–H and O–H groups in total. The fraction of sp³-hybridized carbons (Fsp3) is 0.385. The van der Waals surface area contributed by atoms with E-state index in [0.717, 1.165) is 0 Å². The number of hydrogen-bond acceptors (Lipinski definition) is 5. The predicted molar refractivity (Wildman–Crippen MR) is 82.1 cm³/mol. The second kappa shape index (κ2) is 6.04. The van der Waals surface area contributed by atoms with Gasteiger partial charge < -0.3 is 4.74 Å². The molecule has 0 radical (unpaired) electrons. The number of esters is 1. The molecule has 112 valence electrons. The molecule has 2 rings (SSSR count). The Hall–Kier alpha value is -2.22. The number of carbonyl (C=O) groups excluding carboxylic acids is 1. The van der Waals surface area contributed by atoms with Crippen LogP contribution < -0.4 is 11.0 Å². The monoisotopic (exact) mass is 309 g/mol. The Bertz CT molecular complexity index is 772. The molecular formula is C13H17N4O3S+. The topological polar surface area (TPSA) is 76.2 Å². The van der Waals surface area contributed by atoms with Gasteiger partial charge in [-0.1, -0.05) is 0 Å². The summed E-state index contributed by atoms with van der Waals surface area (Å²) in [4.78, 5) is 29.5. The van der Waals surface area contributed by atoms with Crippen molar-refractivity contribution in [3.8, 4) is 0 Å². The second-order valence-electron chi connectivity index (χ2n) is 4.60. The Balaban J connectivity index is 2.55. The van der Waals surface area contributed by atoms with Crippen LogP contribution in [0.1, 0.15) is 22.2 Å². The largest absolute Gasteiger partial charge is 0.462 e. The average molecular weight is 309 g/mol. The Kier molecular flexibility index (Phi) is 4.37. The number of nitrogens with zero attached hydrogens (tertiary/aromatic N) is 3. The van der Waals surface area contributed by atoms with Crippen molar-refractivity contribution < 1.29 is 14.1 Å². The molecule has 7 nitrogen and oxygen atoms in total. The first-order valence-corrected chi connectivity index (χ1v) is 7.21. The molecule has 2 aromatic rings. The first kappa shape index (κ1) is 15.2. The van der Waals surface area contributed by atoms with Crippen LogP contribution in [0.2, 0.25) is 0 Å². The minimum Gasteiger partial charge on any atom is -0.462 e. The number of rotatable bonds is 4. The quantitative estimate of drug-likeness (QED) is 0.391. The lowest BCUT2D eigenvalue weighted by atomic mass is 10.2. The number of hydrogen-bond donors (Lipinski definition) is 1. The number of nitrogens with one attached hydrogen (secondary N) is 1. The highest BCUT2D eigenvalue weighted by atomic mass is 32.1. The molecule has 0 saturated heterocycles. The number of fused-ring (bicyclic) bond motifs is 1. The van der Waals surface area contributed by atoms with E-state index in [1.807, 2.05) is 14.1 Å². The molecule has 21 heavy (non-hydrogen) atoms. The van der Waals surface area contributed by atoms with Crippen molar-refractivity contribution in [2.45, 2.75) is 13.8 Å². The molecule has 0 aliphatic carbocycles. The van der Waals surface area contributed by atoms with Crippen molar-refractivity contribution in [2.75, 3.05) is 26.1 Å². The van der Waals surface area contributed by atoms with Gasteiger partial charge >= 0.3 is 5.97 Å². The summed E-state index contributed by atoms with van der Waals surface area (Å²) in [5.41, 5.74) is 3.18. The fourth-order valence-electron chi connectivity index (χ4n) is 1.79. The fourth-order valence-corrected chi connectivity index (χ4v) is 2.82. The van der Waals surface area contributed by atoms with E-state index in [9.17, 15) is 9.59 Å². The Morgan fingerprint density at radius 2 is 2.29 bits per heavy atom. The number of thiophene rings is 1. The maximum Gasteiger partial charge on any atom is 0.348 e. The summed E-state index contributed by atoms with van der Waals surface area (Å²) in [6.07, 6.45) is 3.03. The molecule has 2 heterocycles. The Morgan fingerprint density at radius 3 is 2.90 bits per heavy atom. The third-order valence-corrected chi connectivity index (χ3v) is 3.95. The number of aryl methyl sites for hydroxylation is 1. The Morgan fingerprint density at radius 1 is 1.57 bits per heavy atom. The summed E-state index contributed by atoms with van der Waals surface area (Å²) in [5, 5.41) is 0.435. The highest BCUT2D eigenvalue weighted by Crippen LogP contribution is 2.27. The van der Waals surface area contributed by atoms with E-state index in [1.54, 1.807) is 24.8 Å². The van der Waals surface area contributed by atoms with Crippen LogP contribution in [0.4, 0.5) is 0 Å². The molecule has 0 bridgehead atoms. The molecule has 0 aliphatic rings. The molecule has 0 fully saturated rings. The molecule has 0 unspecified atom stereocenters. The molecule has 0 aromatic carbocycles. The maximum absolute atomic E-state index is 12.4. The van der Waals surface area contributed by atoms with E-state index >= 15 is 0 Å². The van der Waals surface area contributed by atoms with E-state index in [4.69, 9.17) is 4.74 Å². The number of ether oxygens (including phenoxy) is 1. The van der Waals surface area contributed by atoms with Crippen molar-refractivity contribution in [3.05, 3.63) is 27.1 Å². The zero-order valence-corrected chi connectivity index (χ0v) is 13.2. The minimum atomic E-state index is -0.420. The smallest absolute Gasteiger partial charge is 0.348 e. The lowest BCUT2D eigenvalue weighted by Gasteiger charge is -2.00. The van der Waals surface area contributed by atoms with Crippen LogP contribution in [-0.2, 0) is 4.74 Å². The number of carbonyl (C=O) groups is 1. The van der Waals surface area contributed by atoms with Gasteiger partial charge in [0, 0.05) is 0 Å². The summed E-state index contributed by atoms with van der Waals surface area (Å²) >= 11 is 1.17. The second-order valence-corrected chi connectivity index (χ2v) is 5.60. The van der Waals surface area contributed by atoms with Gasteiger partial charge in [-0.05, 0) is 19.4 Å². The van der Waals surface area contributed by atoms with Crippen LogP contribution in [0, 0.1) is 6.92 Å². The zero-order valence-electron chi connectivity index (χ0n) is 12.3. The molecule has 0 amide bonds. The van der Waals surface area contributed by atoms with E-state index in [-0.39, 0.29) is 5.56 Å². The van der Waals surface area contributed by atoms with Crippen LogP contribution >= 0.6 is 11.3 Å². The van der Waals surface area contributed by atoms with Gasteiger partial charge in [0.15, 0.2) is 0 Å². The molecular weight excluding hydrogens is 292 g/mol. The van der Waals surface area contributed by atoms with Crippen molar-refractivity contribution in [1.82, 2.24) is 9.66 Å². The molecule has 8 heteroatoms. The third kappa shape index (κ3) is 2.94. The Labute approximate surface area is 125 Å². The van der Waals surface area contributed by atoms with Gasteiger partial charge in [0.05, 0.1) is 26.1 Å². The van der Waals surface area contributed by atoms with Crippen molar-refractivity contribution in [3.63, 3.8) is 0 Å². The maximum atomic E-state index is 12.4. The summed E-state index contributed by atoms with van der Waals surface area (Å²) < 4.78 is 8.03. The summed E-state index contributed by atoms with van der Waals surface area (Å²) in [7, 11) is 3.66. The molecule has 2 aromatic heterocycles. The van der Waals surface area contributed by atoms with Gasteiger partial charge in [0.2, 0.25) is 0 Å². The highest BCUT2D eigenvalue weighted by Gasteiger charge is 2.20. The molecule has 0 saturated carbocycles. The van der Waals surface area contributed by atoms with Gasteiger partial charge in [0.1, 0.15) is 16.0 Å². The minimum absolute atomic E-state index is 0.248. The van der Waals surface area contributed by atoms with Gasteiger partial charge in [-0.2, -0.15) is 5.43 Å². The summed E-state index contributed by atoms with van der Waals surface area (Å²) in [6, 6.07) is 0. The normalized spacial score (nSPS) is 10.5. The van der Waals surface area contributed by atoms with E-state index < -0.39 is 5.97 Å². The van der Waals surface area contributed by atoms with E-state index in [0.29, 0.717) is 27.3 Å². The predicted octanol–water partition coefficient (Wildman–Crippen LogP) is 0.787. The SMILES string of the molecule is CCOC(=O)c1sc2ncn(NC=[N+](C)C)c(=O)c2c1C. The van der Waals surface area contributed by atoms with Crippen molar-refractivity contribution >= 4 is 33.9 Å². The number of aromatic nitrogens is 2. The van der Waals surface area contributed by atoms with Crippen LogP contribution in [-0.4, -0.2) is 47.2 Å². The molecule has 0 spiro atoms. The zero-order chi connectivity index (χ0) is 15.6. The lowest BCUT2D eigenvalue weighted by molar-refractivity contribution is -0.459. The summed E-state index contributed by atoms with van der Waals surface area (Å²) in [5.74, 6) is -0.420. The van der Waals surface area contributed by atoms with Crippen LogP contribution in [0.5, 0.6) is 0 Å². The van der Waals surface area contributed by atoms with Gasteiger partial charge in [-0.15, -0.1) is 16.0 Å². The van der Waals surface area contributed by atoms with Crippen molar-refractivity contribution in [2.24, 2.45) is 0 Å². The third-order valence-electron chi connectivity index (χ3n) is 2.77. The average Bonchev–Trinajstić information content (AvgIpc) is 2.76. The lowest BCUT2D eigenvalue weighted by Crippen LogP contribution is -2.30. The van der Waals surface area contributed by atoms with Gasteiger partial charge in [-0.3, -0.25) is 9.37 Å². The van der Waals surface area contributed by atoms with E-state index in [1.165, 1.54) is 22.3 Å². The first-order valence-electron chi connectivity index (χ1n) is 6.39. The van der Waals surface area contributed by atoms with Crippen LogP contribution in [0.15, 0.2) is 11.1 Å². The summed E-state index contributed by atoms with van der Waals surface area (Å²) in [6.45, 7) is 3.77. The van der Waals surface area contributed by atoms with Gasteiger partial charge in [0.25, 0.3) is 11.9 Å². The molecule has 0 aliphatic heterocycles. The van der Waals surface area contributed by atoms with E-state index in [2.05, 4.69) is 10.4 Å². The van der Waals surface area contributed by atoms with Crippen LogP contribution in [0.3, 0.4) is 0 Å². The molecule has 0 atom stereocenters. The standard InChI is InChI=1S/C13H16N4O3S/c1-5-20-13(19)10-8(2)9-11(21-10)14-6-17(12(9)18)15-7-16(3)4/h6-7H,5H2,1-4H3/p+1. The van der Waals surface area contributed by atoms with Crippen LogP contribution in [0.25, 0.3) is 10.2 Å². The first-order chi connectivity index (χ1) is 9.95. The highest BCUT2D eigenvalue weighted by molar-refractivity contribution is 7.20.